The first kappa shape index (κ1) is 14.6. The lowest BCUT2D eigenvalue weighted by atomic mass is 10.2. The van der Waals surface area contributed by atoms with Gasteiger partial charge in [-0.2, -0.15) is 0 Å². The molecule has 0 heterocycles. The summed E-state index contributed by atoms with van der Waals surface area (Å²) in [6, 6.07) is 3.85. The van der Waals surface area contributed by atoms with E-state index in [0.717, 1.165) is 12.3 Å². The maximum atomic E-state index is 11.9. The average molecular weight is 322 g/mol. The van der Waals surface area contributed by atoms with Crippen LogP contribution in [0.1, 0.15) is 29.6 Å². The highest BCUT2D eigenvalue weighted by molar-refractivity contribution is 8.13. The molecule has 0 bridgehead atoms. The molecule has 0 atom stereocenters. The molecule has 1 aliphatic rings. The SMILES string of the molecule is O=C(NCCC1CC1)c1cc(Cl)cc(S(=O)(=O)Cl)c1. The molecule has 104 valence electrons. The molecule has 0 unspecified atom stereocenters. The average Bonchev–Trinajstić information content (AvgIpc) is 3.11. The maximum Gasteiger partial charge on any atom is 0.261 e. The van der Waals surface area contributed by atoms with Crippen LogP contribution in [0, 0.1) is 5.92 Å². The molecule has 4 nitrogen and oxygen atoms in total. The summed E-state index contributed by atoms with van der Waals surface area (Å²) >= 11 is 5.79. The van der Waals surface area contributed by atoms with E-state index in [0.29, 0.717) is 6.54 Å². The van der Waals surface area contributed by atoms with Crippen molar-refractivity contribution in [1.82, 2.24) is 5.32 Å². The number of nitrogens with one attached hydrogen (secondary N) is 1. The van der Waals surface area contributed by atoms with E-state index in [-0.39, 0.29) is 21.4 Å². The fourth-order valence-electron chi connectivity index (χ4n) is 1.73. The lowest BCUT2D eigenvalue weighted by Gasteiger charge is -2.06. The van der Waals surface area contributed by atoms with Crippen molar-refractivity contribution < 1.29 is 13.2 Å². The highest BCUT2D eigenvalue weighted by atomic mass is 35.7. The first-order valence-electron chi connectivity index (χ1n) is 5.90. The molecule has 1 aromatic carbocycles. The highest BCUT2D eigenvalue weighted by Crippen LogP contribution is 2.31. The minimum absolute atomic E-state index is 0.161. The smallest absolute Gasteiger partial charge is 0.261 e. The summed E-state index contributed by atoms with van der Waals surface area (Å²) in [7, 11) is 1.35. The summed E-state index contributed by atoms with van der Waals surface area (Å²) in [6.45, 7) is 0.582. The summed E-state index contributed by atoms with van der Waals surface area (Å²) in [6.07, 6.45) is 3.40. The van der Waals surface area contributed by atoms with E-state index in [1.54, 1.807) is 0 Å². The Balaban J connectivity index is 2.09. The molecule has 7 heteroatoms. The Kier molecular flexibility index (Phi) is 4.38. The number of carbonyl (C=O) groups excluding carboxylic acids is 1. The van der Waals surface area contributed by atoms with Crippen LogP contribution in [-0.2, 0) is 9.05 Å². The fourth-order valence-corrected chi connectivity index (χ4v) is 2.84. The van der Waals surface area contributed by atoms with E-state index in [9.17, 15) is 13.2 Å². The van der Waals surface area contributed by atoms with E-state index in [1.807, 2.05) is 0 Å². The number of hydrogen-bond acceptors (Lipinski definition) is 3. The van der Waals surface area contributed by atoms with Crippen molar-refractivity contribution in [3.8, 4) is 0 Å². The molecule has 0 aromatic heterocycles. The molecular formula is C12H13Cl2NO3S. The summed E-state index contributed by atoms with van der Waals surface area (Å²) in [5.41, 5.74) is 0.197. The zero-order valence-corrected chi connectivity index (χ0v) is 12.4. The van der Waals surface area contributed by atoms with Crippen LogP contribution < -0.4 is 5.32 Å². The van der Waals surface area contributed by atoms with Gasteiger partial charge in [0.2, 0.25) is 0 Å². The number of halogens is 2. The van der Waals surface area contributed by atoms with Crippen LogP contribution in [0.4, 0.5) is 0 Å². The topological polar surface area (TPSA) is 63.2 Å². The van der Waals surface area contributed by atoms with Crippen LogP contribution in [0.15, 0.2) is 23.1 Å². The van der Waals surface area contributed by atoms with Crippen LogP contribution in [0.25, 0.3) is 0 Å². The van der Waals surface area contributed by atoms with Crippen molar-refractivity contribution in [3.05, 3.63) is 28.8 Å². The Hall–Kier alpha value is -0.780. The quantitative estimate of drug-likeness (QED) is 0.848. The summed E-state index contributed by atoms with van der Waals surface area (Å²) in [5, 5.41) is 2.90. The van der Waals surface area contributed by atoms with Gasteiger partial charge in [-0.1, -0.05) is 24.4 Å². The van der Waals surface area contributed by atoms with E-state index >= 15 is 0 Å². The second-order valence-electron chi connectivity index (χ2n) is 4.60. The fraction of sp³-hybridized carbons (Fsp3) is 0.417. The molecule has 1 aliphatic carbocycles. The molecule has 19 heavy (non-hydrogen) atoms. The molecule has 2 rings (SSSR count). The van der Waals surface area contributed by atoms with E-state index in [2.05, 4.69) is 5.32 Å². The monoisotopic (exact) mass is 321 g/mol. The molecule has 0 spiro atoms. The van der Waals surface area contributed by atoms with E-state index < -0.39 is 9.05 Å². The summed E-state index contributed by atoms with van der Waals surface area (Å²) in [5.74, 6) is 0.378. The minimum atomic E-state index is -3.90. The summed E-state index contributed by atoms with van der Waals surface area (Å²) < 4.78 is 22.5. The van der Waals surface area contributed by atoms with Gasteiger partial charge in [0.25, 0.3) is 15.0 Å². The van der Waals surface area contributed by atoms with Gasteiger partial charge in [-0.3, -0.25) is 4.79 Å². The lowest BCUT2D eigenvalue weighted by Crippen LogP contribution is -2.24. The Morgan fingerprint density at radius 3 is 2.58 bits per heavy atom. The molecule has 1 amide bonds. The molecule has 0 aliphatic heterocycles. The Labute approximate surface area is 121 Å². The zero-order chi connectivity index (χ0) is 14.0. The van der Waals surface area contributed by atoms with Crippen LogP contribution in [0.2, 0.25) is 5.02 Å². The van der Waals surface area contributed by atoms with Gasteiger partial charge >= 0.3 is 0 Å². The minimum Gasteiger partial charge on any atom is -0.352 e. The molecule has 0 radical (unpaired) electrons. The highest BCUT2D eigenvalue weighted by Gasteiger charge is 2.21. The van der Waals surface area contributed by atoms with Crippen LogP contribution in [-0.4, -0.2) is 20.9 Å². The van der Waals surface area contributed by atoms with Gasteiger partial charge in [0.05, 0.1) is 4.90 Å². The van der Waals surface area contributed by atoms with Crippen molar-refractivity contribution >= 4 is 37.2 Å². The van der Waals surface area contributed by atoms with Gasteiger partial charge in [0.15, 0.2) is 0 Å². The number of hydrogen-bond donors (Lipinski definition) is 1. The molecule has 1 aromatic rings. The normalized spacial score (nSPS) is 15.3. The second-order valence-corrected chi connectivity index (χ2v) is 7.60. The van der Waals surface area contributed by atoms with Crippen molar-refractivity contribution in [2.75, 3.05) is 6.54 Å². The Bertz CT molecular complexity index is 597. The third-order valence-electron chi connectivity index (χ3n) is 2.95. The predicted molar refractivity (Wildman–Crippen MR) is 74.2 cm³/mol. The number of carbonyl (C=O) groups is 1. The Morgan fingerprint density at radius 1 is 1.32 bits per heavy atom. The van der Waals surface area contributed by atoms with Crippen LogP contribution in [0.3, 0.4) is 0 Å². The zero-order valence-electron chi connectivity index (χ0n) is 10.0. The lowest BCUT2D eigenvalue weighted by molar-refractivity contribution is 0.0952. The second kappa shape index (κ2) is 5.69. The first-order chi connectivity index (χ1) is 8.86. The van der Waals surface area contributed by atoms with Crippen LogP contribution in [0.5, 0.6) is 0 Å². The van der Waals surface area contributed by atoms with Gasteiger partial charge in [-0.05, 0) is 30.5 Å². The molecule has 1 fully saturated rings. The van der Waals surface area contributed by atoms with Crippen molar-refractivity contribution in [2.24, 2.45) is 5.92 Å². The number of benzene rings is 1. The van der Waals surface area contributed by atoms with E-state index in [4.69, 9.17) is 22.3 Å². The van der Waals surface area contributed by atoms with Crippen molar-refractivity contribution in [3.63, 3.8) is 0 Å². The summed E-state index contributed by atoms with van der Waals surface area (Å²) in [4.78, 5) is 11.7. The van der Waals surface area contributed by atoms with E-state index in [1.165, 1.54) is 31.0 Å². The Morgan fingerprint density at radius 2 is 2.00 bits per heavy atom. The third kappa shape index (κ3) is 4.37. The predicted octanol–water partition coefficient (Wildman–Crippen LogP) is 2.80. The van der Waals surface area contributed by atoms with Gasteiger partial charge in [-0.25, -0.2) is 8.42 Å². The maximum absolute atomic E-state index is 11.9. The van der Waals surface area contributed by atoms with Crippen molar-refractivity contribution in [1.29, 1.82) is 0 Å². The van der Waals surface area contributed by atoms with Gasteiger partial charge in [0.1, 0.15) is 0 Å². The molecule has 0 saturated heterocycles. The first-order valence-corrected chi connectivity index (χ1v) is 8.58. The van der Waals surface area contributed by atoms with Gasteiger partial charge in [0, 0.05) is 27.8 Å². The van der Waals surface area contributed by atoms with Crippen LogP contribution >= 0.6 is 22.3 Å². The number of rotatable bonds is 5. The van der Waals surface area contributed by atoms with Gasteiger partial charge < -0.3 is 5.32 Å². The third-order valence-corrected chi connectivity index (χ3v) is 4.50. The van der Waals surface area contributed by atoms with Crippen molar-refractivity contribution in [2.45, 2.75) is 24.2 Å². The largest absolute Gasteiger partial charge is 0.352 e. The number of amides is 1. The molecule has 1 N–H and O–H groups in total. The molecular weight excluding hydrogens is 309 g/mol. The standard InChI is InChI=1S/C12H13Cl2NO3S/c13-10-5-9(6-11(7-10)19(14,17)18)12(16)15-4-3-8-1-2-8/h5-8H,1-4H2,(H,15,16). The van der Waals surface area contributed by atoms with Gasteiger partial charge in [-0.15, -0.1) is 0 Å². The molecule has 1 saturated carbocycles.